The number of carbonyl (C=O) groups is 3. The molecule has 0 bridgehead atoms. The van der Waals surface area contributed by atoms with Crippen molar-refractivity contribution in [3.05, 3.63) is 71.8 Å². The van der Waals surface area contributed by atoms with Crippen LogP contribution < -0.4 is 5.32 Å². The van der Waals surface area contributed by atoms with Gasteiger partial charge in [0.25, 0.3) is 0 Å². The van der Waals surface area contributed by atoms with E-state index in [0.29, 0.717) is 25.1 Å². The molecule has 2 aromatic carbocycles. The zero-order chi connectivity index (χ0) is 35.9. The monoisotopic (exact) mass is 692 g/mol. The summed E-state index contributed by atoms with van der Waals surface area (Å²) in [7, 11) is 0. The van der Waals surface area contributed by atoms with Crippen LogP contribution in [0.15, 0.2) is 60.7 Å². The van der Waals surface area contributed by atoms with Crippen molar-refractivity contribution in [3.8, 4) is 0 Å². The van der Waals surface area contributed by atoms with Crippen LogP contribution in [-0.2, 0) is 14.3 Å². The number of hydrogen-bond donors (Lipinski definition) is 2. The molecule has 0 saturated carbocycles. The molecule has 280 valence electrons. The molecule has 0 aliphatic carbocycles. The Morgan fingerprint density at radius 2 is 1.06 bits per heavy atom. The van der Waals surface area contributed by atoms with E-state index in [9.17, 15) is 19.5 Å². The number of carboxylic acid groups (broad SMARTS) is 1. The van der Waals surface area contributed by atoms with Gasteiger partial charge in [-0.1, -0.05) is 196 Å². The Kier molecular flexibility index (Phi) is 25.7. The van der Waals surface area contributed by atoms with Crippen LogP contribution in [0.2, 0.25) is 0 Å². The third-order valence-corrected chi connectivity index (χ3v) is 9.75. The van der Waals surface area contributed by atoms with Crippen molar-refractivity contribution in [1.29, 1.82) is 0 Å². The maximum atomic E-state index is 13.1. The number of carboxylic acids is 1. The molecule has 0 aliphatic rings. The minimum atomic E-state index is -0.885. The first-order chi connectivity index (χ1) is 24.5. The van der Waals surface area contributed by atoms with Crippen LogP contribution >= 0.6 is 0 Å². The number of ketones is 1. The lowest BCUT2D eigenvalue weighted by Gasteiger charge is -2.17. The molecule has 0 heterocycles. The van der Waals surface area contributed by atoms with Gasteiger partial charge in [0.1, 0.15) is 6.10 Å². The van der Waals surface area contributed by atoms with Crippen molar-refractivity contribution < 1.29 is 24.2 Å². The summed E-state index contributed by atoms with van der Waals surface area (Å²) >= 11 is 0. The number of rotatable bonds is 33. The number of nitrogens with one attached hydrogen (secondary N) is 1. The van der Waals surface area contributed by atoms with Crippen LogP contribution in [0.25, 0.3) is 0 Å². The third kappa shape index (κ3) is 21.3. The van der Waals surface area contributed by atoms with E-state index in [-0.39, 0.29) is 18.1 Å². The number of unbranched alkanes of at least 4 members (excludes halogenated alkanes) is 20. The smallest absolute Gasteiger partial charge is 0.304 e. The molecule has 0 radical (unpaired) electrons. The summed E-state index contributed by atoms with van der Waals surface area (Å²) in [4.78, 5) is 37.2. The fraction of sp³-hybridized carbons (Fsp3) is 0.659. The molecule has 6 heteroatoms. The second kappa shape index (κ2) is 29.7. The van der Waals surface area contributed by atoms with E-state index in [2.05, 4.69) is 12.2 Å². The molecule has 2 atom stereocenters. The number of Topliss-reactive ketones (excluding diaryl/α,β-unsaturated/α-hetero) is 1. The van der Waals surface area contributed by atoms with Gasteiger partial charge in [0.2, 0.25) is 5.91 Å². The average molecular weight is 692 g/mol. The predicted octanol–water partition coefficient (Wildman–Crippen LogP) is 11.8. The largest absolute Gasteiger partial charge is 0.481 e. The minimum absolute atomic E-state index is 0.00610. The number of aliphatic carboxylic acids is 1. The van der Waals surface area contributed by atoms with E-state index in [1.807, 2.05) is 60.7 Å². The zero-order valence-electron chi connectivity index (χ0n) is 31.4. The standard InChI is InChI=1S/C44H69NO5/c1-2-3-4-5-6-7-8-9-12-15-18-23-34-40(37-41(46)47)44(49)45-35-28-19-16-13-10-11-14-17-20-29-36-50-43(39-32-26-22-27-33-39)42(48)38-30-24-21-25-31-38/h21-22,24-27,30-33,40,43H,2-20,23,28-29,34-37H2,1H3,(H,45,49)(H,46,47). The summed E-state index contributed by atoms with van der Waals surface area (Å²) in [6.07, 6.45) is 26.5. The molecule has 6 nitrogen and oxygen atoms in total. The molecular weight excluding hydrogens is 622 g/mol. The Balaban J connectivity index is 1.45. The van der Waals surface area contributed by atoms with Crippen LogP contribution in [-0.4, -0.2) is 35.9 Å². The Morgan fingerprint density at radius 3 is 1.58 bits per heavy atom. The van der Waals surface area contributed by atoms with Crippen molar-refractivity contribution >= 4 is 17.7 Å². The molecule has 2 rings (SSSR count). The quantitative estimate of drug-likeness (QED) is 0.0574. The lowest BCUT2D eigenvalue weighted by Crippen LogP contribution is -2.32. The highest BCUT2D eigenvalue weighted by atomic mass is 16.5. The number of ether oxygens (including phenoxy) is 1. The molecule has 1 amide bonds. The average Bonchev–Trinajstić information content (AvgIpc) is 3.13. The first-order valence-corrected chi connectivity index (χ1v) is 20.3. The van der Waals surface area contributed by atoms with Crippen LogP contribution in [0.5, 0.6) is 0 Å². The zero-order valence-corrected chi connectivity index (χ0v) is 31.4. The molecule has 2 N–H and O–H groups in total. The van der Waals surface area contributed by atoms with Gasteiger partial charge < -0.3 is 15.2 Å². The van der Waals surface area contributed by atoms with Crippen LogP contribution in [0, 0.1) is 5.92 Å². The second-order valence-corrected chi connectivity index (χ2v) is 14.2. The highest BCUT2D eigenvalue weighted by Gasteiger charge is 2.23. The van der Waals surface area contributed by atoms with Gasteiger partial charge in [-0.3, -0.25) is 14.4 Å². The van der Waals surface area contributed by atoms with E-state index >= 15 is 0 Å². The lowest BCUT2D eigenvalue weighted by molar-refractivity contribution is -0.141. The maximum absolute atomic E-state index is 13.1. The Hall–Kier alpha value is -2.99. The summed E-state index contributed by atoms with van der Waals surface area (Å²) < 4.78 is 6.13. The summed E-state index contributed by atoms with van der Waals surface area (Å²) in [5.41, 5.74) is 1.58. The van der Waals surface area contributed by atoms with Gasteiger partial charge in [0, 0.05) is 24.6 Å². The van der Waals surface area contributed by atoms with E-state index < -0.39 is 18.0 Å². The highest BCUT2D eigenvalue weighted by molar-refractivity contribution is 6.00. The number of carbonyl (C=O) groups excluding carboxylic acids is 2. The Morgan fingerprint density at radius 1 is 0.600 bits per heavy atom. The van der Waals surface area contributed by atoms with Gasteiger partial charge in [-0.05, 0) is 24.8 Å². The van der Waals surface area contributed by atoms with Gasteiger partial charge in [0.15, 0.2) is 5.78 Å². The summed E-state index contributed by atoms with van der Waals surface area (Å²) in [6.45, 7) is 3.47. The topological polar surface area (TPSA) is 92.7 Å². The minimum Gasteiger partial charge on any atom is -0.481 e. The third-order valence-electron chi connectivity index (χ3n) is 9.75. The van der Waals surface area contributed by atoms with E-state index in [1.54, 1.807) is 0 Å². The maximum Gasteiger partial charge on any atom is 0.304 e. The Labute approximate surface area is 304 Å². The van der Waals surface area contributed by atoms with Gasteiger partial charge in [-0.25, -0.2) is 0 Å². The number of amides is 1. The fourth-order valence-electron chi connectivity index (χ4n) is 6.67. The molecule has 2 aromatic rings. The van der Waals surface area contributed by atoms with E-state index in [1.165, 1.54) is 96.3 Å². The lowest BCUT2D eigenvalue weighted by atomic mass is 9.96. The summed E-state index contributed by atoms with van der Waals surface area (Å²) in [5, 5.41) is 12.3. The van der Waals surface area contributed by atoms with Gasteiger partial charge in [-0.15, -0.1) is 0 Å². The van der Waals surface area contributed by atoms with Crippen LogP contribution in [0.3, 0.4) is 0 Å². The number of hydrogen-bond acceptors (Lipinski definition) is 4. The first kappa shape index (κ1) is 43.2. The predicted molar refractivity (Wildman–Crippen MR) is 207 cm³/mol. The van der Waals surface area contributed by atoms with E-state index in [4.69, 9.17) is 4.74 Å². The van der Waals surface area contributed by atoms with Crippen molar-refractivity contribution in [3.63, 3.8) is 0 Å². The molecule has 0 aliphatic heterocycles. The normalized spacial score (nSPS) is 12.4. The molecule has 0 spiro atoms. The van der Waals surface area contributed by atoms with Crippen molar-refractivity contribution in [2.75, 3.05) is 13.2 Å². The first-order valence-electron chi connectivity index (χ1n) is 20.3. The molecule has 50 heavy (non-hydrogen) atoms. The van der Waals surface area contributed by atoms with Crippen LogP contribution in [0.1, 0.15) is 183 Å². The van der Waals surface area contributed by atoms with Crippen molar-refractivity contribution in [1.82, 2.24) is 5.32 Å². The Bertz CT molecular complexity index is 1120. The van der Waals surface area contributed by atoms with Gasteiger partial charge in [-0.2, -0.15) is 0 Å². The molecule has 2 unspecified atom stereocenters. The summed E-state index contributed by atoms with van der Waals surface area (Å²) in [6, 6.07) is 19.2. The van der Waals surface area contributed by atoms with Crippen LogP contribution in [0.4, 0.5) is 0 Å². The van der Waals surface area contributed by atoms with Crippen molar-refractivity contribution in [2.24, 2.45) is 5.92 Å². The van der Waals surface area contributed by atoms with E-state index in [0.717, 1.165) is 50.5 Å². The molecule has 0 fully saturated rings. The molecule has 0 saturated heterocycles. The van der Waals surface area contributed by atoms with Gasteiger partial charge in [0.05, 0.1) is 6.42 Å². The SMILES string of the molecule is CCCCCCCCCCCCCCC(CC(=O)O)C(=O)NCCCCCCCCCCCCOC(C(=O)c1ccccc1)c1ccccc1. The molecule has 0 aromatic heterocycles. The number of benzene rings is 2. The van der Waals surface area contributed by atoms with Crippen molar-refractivity contribution in [2.45, 2.75) is 167 Å². The molecular formula is C44H69NO5. The fourth-order valence-corrected chi connectivity index (χ4v) is 6.67. The van der Waals surface area contributed by atoms with Gasteiger partial charge >= 0.3 is 5.97 Å². The second-order valence-electron chi connectivity index (χ2n) is 14.2. The summed E-state index contributed by atoms with van der Waals surface area (Å²) in [5.74, 6) is -1.38. The highest BCUT2D eigenvalue weighted by Crippen LogP contribution is 2.23.